The highest BCUT2D eigenvalue weighted by Gasteiger charge is 2.39. The first-order valence-electron chi connectivity index (χ1n) is 7.31. The Morgan fingerprint density at radius 1 is 1.28 bits per heavy atom. The van der Waals surface area contributed by atoms with Gasteiger partial charge in [0.2, 0.25) is 0 Å². The minimum absolute atomic E-state index is 0.0945. The number of hydrogen-bond acceptors (Lipinski definition) is 3. The molecule has 1 saturated heterocycles. The number of nitrogens with one attached hydrogen (secondary N) is 2. The van der Waals surface area contributed by atoms with Crippen molar-refractivity contribution in [3.05, 3.63) is 0 Å². The lowest BCUT2D eigenvalue weighted by molar-refractivity contribution is -0.146. The smallest absolute Gasteiger partial charge is 0.252 e. The van der Waals surface area contributed by atoms with Gasteiger partial charge in [-0.15, -0.1) is 0 Å². The van der Waals surface area contributed by atoms with E-state index in [9.17, 15) is 4.79 Å². The summed E-state index contributed by atoms with van der Waals surface area (Å²) in [6, 6.07) is 0. The second-order valence-electron chi connectivity index (χ2n) is 5.66. The molecule has 104 valence electrons. The van der Waals surface area contributed by atoms with Gasteiger partial charge in [-0.3, -0.25) is 4.79 Å². The Morgan fingerprint density at radius 3 is 2.56 bits per heavy atom. The third-order valence-electron chi connectivity index (χ3n) is 4.49. The fourth-order valence-corrected chi connectivity index (χ4v) is 3.14. The van der Waals surface area contributed by atoms with Gasteiger partial charge in [-0.1, -0.05) is 19.3 Å². The van der Waals surface area contributed by atoms with Crippen molar-refractivity contribution >= 4 is 5.91 Å². The third kappa shape index (κ3) is 3.23. The first kappa shape index (κ1) is 13.8. The van der Waals surface area contributed by atoms with Gasteiger partial charge >= 0.3 is 0 Å². The highest BCUT2D eigenvalue weighted by molar-refractivity contribution is 5.85. The number of piperidine rings is 1. The van der Waals surface area contributed by atoms with Crippen LogP contribution < -0.4 is 10.6 Å². The van der Waals surface area contributed by atoms with E-state index in [1.54, 1.807) is 7.11 Å². The van der Waals surface area contributed by atoms with E-state index in [1.165, 1.54) is 32.1 Å². The van der Waals surface area contributed by atoms with Gasteiger partial charge in [0.05, 0.1) is 0 Å². The summed E-state index contributed by atoms with van der Waals surface area (Å²) in [5, 5.41) is 6.40. The maximum atomic E-state index is 12.3. The van der Waals surface area contributed by atoms with Crippen LogP contribution in [-0.2, 0) is 9.53 Å². The summed E-state index contributed by atoms with van der Waals surface area (Å²) < 4.78 is 5.53. The molecule has 4 heteroatoms. The third-order valence-corrected chi connectivity index (χ3v) is 4.49. The number of hydrogen-bond donors (Lipinski definition) is 2. The summed E-state index contributed by atoms with van der Waals surface area (Å²) in [5.41, 5.74) is -0.583. The van der Waals surface area contributed by atoms with E-state index in [-0.39, 0.29) is 5.91 Å². The number of ether oxygens (including phenoxy) is 1. The summed E-state index contributed by atoms with van der Waals surface area (Å²) in [4.78, 5) is 12.3. The molecular weight excluding hydrogens is 228 g/mol. The van der Waals surface area contributed by atoms with Crippen molar-refractivity contribution in [1.82, 2.24) is 10.6 Å². The zero-order chi connectivity index (χ0) is 12.8. The SMILES string of the molecule is COC1(C(=O)NCC2CCCCC2)CCNCC1. The van der Waals surface area contributed by atoms with Crippen LogP contribution >= 0.6 is 0 Å². The Hall–Kier alpha value is -0.610. The summed E-state index contributed by atoms with van der Waals surface area (Å²) in [6.07, 6.45) is 8.08. The maximum Gasteiger partial charge on any atom is 0.252 e. The largest absolute Gasteiger partial charge is 0.368 e. The van der Waals surface area contributed by atoms with Crippen LogP contribution in [0.1, 0.15) is 44.9 Å². The fraction of sp³-hybridized carbons (Fsp3) is 0.929. The van der Waals surface area contributed by atoms with Crippen LogP contribution in [0.2, 0.25) is 0 Å². The first-order chi connectivity index (χ1) is 8.77. The molecule has 18 heavy (non-hydrogen) atoms. The van der Waals surface area contributed by atoms with Crippen molar-refractivity contribution in [1.29, 1.82) is 0 Å². The van der Waals surface area contributed by atoms with Gasteiger partial charge in [-0.05, 0) is 44.7 Å². The van der Waals surface area contributed by atoms with Gasteiger partial charge in [-0.25, -0.2) is 0 Å². The van der Waals surface area contributed by atoms with Gasteiger partial charge in [0.1, 0.15) is 5.60 Å². The van der Waals surface area contributed by atoms with Gasteiger partial charge in [0, 0.05) is 13.7 Å². The molecule has 0 bridgehead atoms. The fourth-order valence-electron chi connectivity index (χ4n) is 3.14. The second-order valence-corrected chi connectivity index (χ2v) is 5.66. The second kappa shape index (κ2) is 6.53. The topological polar surface area (TPSA) is 50.4 Å². The molecular formula is C14H26N2O2. The lowest BCUT2D eigenvalue weighted by Crippen LogP contribution is -2.54. The maximum absolute atomic E-state index is 12.3. The average molecular weight is 254 g/mol. The molecule has 1 amide bonds. The molecule has 2 rings (SSSR count). The van der Waals surface area contributed by atoms with Crippen molar-refractivity contribution in [3.63, 3.8) is 0 Å². The van der Waals surface area contributed by atoms with Gasteiger partial charge in [0.25, 0.3) is 5.91 Å². The minimum atomic E-state index is -0.583. The predicted octanol–water partition coefficient (Wildman–Crippen LogP) is 1.45. The van der Waals surface area contributed by atoms with E-state index in [0.717, 1.165) is 32.5 Å². The minimum Gasteiger partial charge on any atom is -0.368 e. The summed E-state index contributed by atoms with van der Waals surface area (Å²) >= 11 is 0. The molecule has 0 aromatic heterocycles. The number of methoxy groups -OCH3 is 1. The van der Waals surface area contributed by atoms with Gasteiger partial charge < -0.3 is 15.4 Å². The number of carbonyl (C=O) groups excluding carboxylic acids is 1. The zero-order valence-electron chi connectivity index (χ0n) is 11.5. The van der Waals surface area contributed by atoms with E-state index in [1.807, 2.05) is 0 Å². The molecule has 2 fully saturated rings. The highest BCUT2D eigenvalue weighted by atomic mass is 16.5. The van der Waals surface area contributed by atoms with E-state index in [4.69, 9.17) is 4.74 Å². The Labute approximate surface area is 110 Å². The molecule has 1 aliphatic heterocycles. The molecule has 0 atom stereocenters. The molecule has 0 radical (unpaired) electrons. The standard InChI is InChI=1S/C14H26N2O2/c1-18-14(7-9-15-10-8-14)13(17)16-11-12-5-3-2-4-6-12/h12,15H,2-11H2,1H3,(H,16,17). The van der Waals surface area contributed by atoms with Gasteiger partial charge in [0.15, 0.2) is 0 Å². The van der Waals surface area contributed by atoms with Crippen molar-refractivity contribution in [3.8, 4) is 0 Å². The lowest BCUT2D eigenvalue weighted by Gasteiger charge is -2.35. The summed E-state index contributed by atoms with van der Waals surface area (Å²) in [7, 11) is 1.66. The molecule has 4 nitrogen and oxygen atoms in total. The molecule has 2 aliphatic rings. The Bertz CT molecular complexity index is 269. The van der Waals surface area contributed by atoms with Crippen LogP contribution in [-0.4, -0.2) is 38.3 Å². The van der Waals surface area contributed by atoms with Crippen molar-refractivity contribution < 1.29 is 9.53 Å². The van der Waals surface area contributed by atoms with Crippen LogP contribution in [0.5, 0.6) is 0 Å². The quantitative estimate of drug-likeness (QED) is 0.798. The monoisotopic (exact) mass is 254 g/mol. The normalized spacial score (nSPS) is 24.7. The Kier molecular flexibility index (Phi) is 5.01. The summed E-state index contributed by atoms with van der Waals surface area (Å²) in [5.74, 6) is 0.774. The van der Waals surface area contributed by atoms with Crippen LogP contribution in [0, 0.1) is 5.92 Å². The molecule has 0 spiro atoms. The molecule has 2 N–H and O–H groups in total. The number of rotatable bonds is 4. The van der Waals surface area contributed by atoms with Crippen molar-refractivity contribution in [2.45, 2.75) is 50.5 Å². The number of amides is 1. The van der Waals surface area contributed by atoms with Crippen LogP contribution in [0.4, 0.5) is 0 Å². The van der Waals surface area contributed by atoms with Crippen LogP contribution in [0.15, 0.2) is 0 Å². The molecule has 1 aliphatic carbocycles. The molecule has 0 aromatic carbocycles. The molecule has 0 aromatic rings. The van der Waals surface area contributed by atoms with Gasteiger partial charge in [-0.2, -0.15) is 0 Å². The molecule has 1 heterocycles. The van der Waals surface area contributed by atoms with E-state index >= 15 is 0 Å². The molecule has 0 unspecified atom stereocenters. The number of carbonyl (C=O) groups is 1. The summed E-state index contributed by atoms with van der Waals surface area (Å²) in [6.45, 7) is 2.56. The predicted molar refractivity (Wildman–Crippen MR) is 71.4 cm³/mol. The van der Waals surface area contributed by atoms with Crippen molar-refractivity contribution in [2.24, 2.45) is 5.92 Å². The highest BCUT2D eigenvalue weighted by Crippen LogP contribution is 2.25. The first-order valence-corrected chi connectivity index (χ1v) is 7.31. The van der Waals surface area contributed by atoms with Crippen LogP contribution in [0.3, 0.4) is 0 Å². The Balaban J connectivity index is 1.81. The average Bonchev–Trinajstić information content (AvgIpc) is 2.46. The van der Waals surface area contributed by atoms with Crippen molar-refractivity contribution in [2.75, 3.05) is 26.7 Å². The lowest BCUT2D eigenvalue weighted by atomic mass is 9.88. The van der Waals surface area contributed by atoms with Crippen LogP contribution in [0.25, 0.3) is 0 Å². The zero-order valence-corrected chi connectivity index (χ0v) is 11.5. The molecule has 1 saturated carbocycles. The van der Waals surface area contributed by atoms with E-state index in [0.29, 0.717) is 5.92 Å². The van der Waals surface area contributed by atoms with E-state index in [2.05, 4.69) is 10.6 Å². The van der Waals surface area contributed by atoms with E-state index < -0.39 is 5.60 Å². The Morgan fingerprint density at radius 2 is 1.94 bits per heavy atom.